The number of fused-ring (bicyclic) bond motifs is 1. The van der Waals surface area contributed by atoms with Crippen molar-refractivity contribution in [1.29, 1.82) is 0 Å². The molecule has 18 heavy (non-hydrogen) atoms. The Balaban J connectivity index is 2.07. The standard InChI is InChI=1S/C14H12ClN2S/c1-2-17-7-5-10(6-8-17)14-16-12-4-3-11(15)9-13(12)18-14/h3-9H,2H2,1H3/q+1. The van der Waals surface area contributed by atoms with E-state index in [1.54, 1.807) is 11.3 Å². The Morgan fingerprint density at radius 2 is 2.00 bits per heavy atom. The highest BCUT2D eigenvalue weighted by Gasteiger charge is 2.08. The molecular formula is C14H12ClN2S+. The van der Waals surface area contributed by atoms with Crippen molar-refractivity contribution in [1.82, 2.24) is 4.98 Å². The van der Waals surface area contributed by atoms with Crippen LogP contribution in [-0.4, -0.2) is 4.98 Å². The highest BCUT2D eigenvalue weighted by atomic mass is 35.5. The van der Waals surface area contributed by atoms with Gasteiger partial charge in [-0.1, -0.05) is 11.6 Å². The lowest BCUT2D eigenvalue weighted by atomic mass is 10.3. The molecule has 0 aliphatic heterocycles. The number of benzene rings is 1. The summed E-state index contributed by atoms with van der Waals surface area (Å²) in [5.41, 5.74) is 2.16. The highest BCUT2D eigenvalue weighted by molar-refractivity contribution is 7.21. The molecule has 0 atom stereocenters. The van der Waals surface area contributed by atoms with Crippen LogP contribution in [0, 0.1) is 0 Å². The number of thiazole rings is 1. The van der Waals surface area contributed by atoms with Gasteiger partial charge in [-0.05, 0) is 25.1 Å². The first-order valence-electron chi connectivity index (χ1n) is 5.82. The van der Waals surface area contributed by atoms with Crippen molar-refractivity contribution in [3.63, 3.8) is 0 Å². The molecule has 0 fully saturated rings. The average Bonchev–Trinajstić information content (AvgIpc) is 2.81. The molecule has 0 amide bonds. The van der Waals surface area contributed by atoms with Crippen molar-refractivity contribution in [2.24, 2.45) is 0 Å². The smallest absolute Gasteiger partial charge is 0.169 e. The molecule has 0 spiro atoms. The van der Waals surface area contributed by atoms with Gasteiger partial charge in [-0.25, -0.2) is 9.55 Å². The molecule has 0 aliphatic rings. The van der Waals surface area contributed by atoms with Gasteiger partial charge in [0.25, 0.3) is 0 Å². The maximum absolute atomic E-state index is 5.99. The largest absolute Gasteiger partial charge is 0.236 e. The molecule has 90 valence electrons. The summed E-state index contributed by atoms with van der Waals surface area (Å²) in [6, 6.07) is 10.0. The Kier molecular flexibility index (Phi) is 3.02. The van der Waals surface area contributed by atoms with Crippen molar-refractivity contribution in [3.8, 4) is 10.6 Å². The van der Waals surface area contributed by atoms with Gasteiger partial charge >= 0.3 is 0 Å². The van der Waals surface area contributed by atoms with Gasteiger partial charge in [0.15, 0.2) is 12.4 Å². The number of halogens is 1. The molecule has 0 radical (unpaired) electrons. The molecule has 3 rings (SSSR count). The van der Waals surface area contributed by atoms with E-state index in [4.69, 9.17) is 11.6 Å². The second-order valence-corrected chi connectivity index (χ2v) is 5.52. The molecule has 4 heteroatoms. The minimum atomic E-state index is 0.759. The summed E-state index contributed by atoms with van der Waals surface area (Å²) >= 11 is 7.66. The van der Waals surface area contributed by atoms with Crippen molar-refractivity contribution in [2.75, 3.05) is 0 Å². The Labute approximate surface area is 114 Å². The Bertz CT molecular complexity index is 689. The lowest BCUT2D eigenvalue weighted by Gasteiger charge is -1.94. The van der Waals surface area contributed by atoms with Crippen LogP contribution in [0.4, 0.5) is 0 Å². The van der Waals surface area contributed by atoms with Crippen LogP contribution in [0.5, 0.6) is 0 Å². The van der Waals surface area contributed by atoms with E-state index in [0.29, 0.717) is 0 Å². The number of aromatic nitrogens is 2. The molecule has 0 bridgehead atoms. The fourth-order valence-electron chi connectivity index (χ4n) is 1.83. The minimum absolute atomic E-state index is 0.759. The van der Waals surface area contributed by atoms with E-state index >= 15 is 0 Å². The zero-order valence-electron chi connectivity index (χ0n) is 9.93. The quantitative estimate of drug-likeness (QED) is 0.648. The van der Waals surface area contributed by atoms with Crippen LogP contribution in [0.25, 0.3) is 20.8 Å². The Morgan fingerprint density at radius 3 is 2.72 bits per heavy atom. The van der Waals surface area contributed by atoms with Gasteiger partial charge < -0.3 is 0 Å². The lowest BCUT2D eigenvalue weighted by molar-refractivity contribution is -0.693. The first kappa shape index (κ1) is 11.6. The third-order valence-corrected chi connectivity index (χ3v) is 4.16. The number of rotatable bonds is 2. The predicted octanol–water partition coefficient (Wildman–Crippen LogP) is 3.92. The predicted molar refractivity (Wildman–Crippen MR) is 75.9 cm³/mol. The molecule has 0 saturated carbocycles. The van der Waals surface area contributed by atoms with E-state index in [-0.39, 0.29) is 0 Å². The van der Waals surface area contributed by atoms with Gasteiger partial charge in [0.05, 0.1) is 10.2 Å². The molecule has 0 aliphatic carbocycles. The first-order valence-corrected chi connectivity index (χ1v) is 7.01. The molecule has 3 aromatic rings. The number of hydrogen-bond donors (Lipinski definition) is 0. The molecule has 0 saturated heterocycles. The number of aryl methyl sites for hydroxylation is 1. The fraction of sp³-hybridized carbons (Fsp3) is 0.143. The van der Waals surface area contributed by atoms with Crippen LogP contribution < -0.4 is 4.57 Å². The van der Waals surface area contributed by atoms with Crippen LogP contribution in [0.3, 0.4) is 0 Å². The van der Waals surface area contributed by atoms with Crippen molar-refractivity contribution in [2.45, 2.75) is 13.5 Å². The molecule has 0 unspecified atom stereocenters. The maximum Gasteiger partial charge on any atom is 0.169 e. The van der Waals surface area contributed by atoms with Gasteiger partial charge in [0.2, 0.25) is 0 Å². The molecule has 1 aromatic carbocycles. The van der Waals surface area contributed by atoms with Gasteiger partial charge in [0, 0.05) is 22.7 Å². The highest BCUT2D eigenvalue weighted by Crippen LogP contribution is 2.31. The first-order chi connectivity index (χ1) is 8.76. The zero-order chi connectivity index (χ0) is 12.5. The fourth-order valence-corrected chi connectivity index (χ4v) is 3.08. The summed E-state index contributed by atoms with van der Waals surface area (Å²) in [5.74, 6) is 0. The number of pyridine rings is 1. The summed E-state index contributed by atoms with van der Waals surface area (Å²) in [6.07, 6.45) is 4.16. The average molecular weight is 276 g/mol. The molecule has 2 aromatic heterocycles. The third kappa shape index (κ3) is 2.11. The second kappa shape index (κ2) is 4.67. The summed E-state index contributed by atoms with van der Waals surface area (Å²) in [5, 5.41) is 1.80. The summed E-state index contributed by atoms with van der Waals surface area (Å²) < 4.78 is 3.26. The maximum atomic E-state index is 5.99. The number of hydrogen-bond acceptors (Lipinski definition) is 2. The van der Waals surface area contributed by atoms with Gasteiger partial charge in [0.1, 0.15) is 11.6 Å². The van der Waals surface area contributed by atoms with Crippen molar-refractivity contribution >= 4 is 33.2 Å². The topological polar surface area (TPSA) is 16.8 Å². The Hall–Kier alpha value is -1.45. The van der Waals surface area contributed by atoms with Crippen LogP contribution in [-0.2, 0) is 6.54 Å². The van der Waals surface area contributed by atoms with E-state index in [0.717, 1.165) is 32.4 Å². The van der Waals surface area contributed by atoms with Crippen LogP contribution >= 0.6 is 22.9 Å². The van der Waals surface area contributed by atoms with Crippen molar-refractivity contribution in [3.05, 3.63) is 47.7 Å². The SMILES string of the molecule is CC[n+]1ccc(-c2nc3ccc(Cl)cc3s2)cc1. The van der Waals surface area contributed by atoms with Gasteiger partial charge in [-0.15, -0.1) is 11.3 Å². The number of nitrogens with zero attached hydrogens (tertiary/aromatic N) is 2. The molecule has 2 heterocycles. The van der Waals surface area contributed by atoms with Crippen LogP contribution in [0.15, 0.2) is 42.7 Å². The zero-order valence-corrected chi connectivity index (χ0v) is 11.5. The summed E-state index contributed by atoms with van der Waals surface area (Å²) in [4.78, 5) is 4.63. The summed E-state index contributed by atoms with van der Waals surface area (Å²) in [7, 11) is 0. The third-order valence-electron chi connectivity index (χ3n) is 2.85. The molecule has 2 nitrogen and oxygen atoms in total. The molecular weight excluding hydrogens is 264 g/mol. The van der Waals surface area contributed by atoms with E-state index in [9.17, 15) is 0 Å². The van der Waals surface area contributed by atoms with Gasteiger partial charge in [-0.3, -0.25) is 0 Å². The van der Waals surface area contributed by atoms with E-state index in [2.05, 4.69) is 41.0 Å². The van der Waals surface area contributed by atoms with E-state index < -0.39 is 0 Å². The molecule has 0 N–H and O–H groups in total. The Morgan fingerprint density at radius 1 is 1.22 bits per heavy atom. The normalized spacial score (nSPS) is 11.0. The second-order valence-electron chi connectivity index (χ2n) is 4.05. The van der Waals surface area contributed by atoms with E-state index in [1.807, 2.05) is 18.2 Å². The summed E-state index contributed by atoms with van der Waals surface area (Å²) in [6.45, 7) is 3.11. The van der Waals surface area contributed by atoms with E-state index in [1.165, 1.54) is 0 Å². The minimum Gasteiger partial charge on any atom is -0.236 e. The monoisotopic (exact) mass is 275 g/mol. The van der Waals surface area contributed by atoms with Crippen LogP contribution in [0.1, 0.15) is 6.92 Å². The van der Waals surface area contributed by atoms with Gasteiger partial charge in [-0.2, -0.15) is 0 Å². The van der Waals surface area contributed by atoms with Crippen molar-refractivity contribution < 1.29 is 4.57 Å². The lowest BCUT2D eigenvalue weighted by Crippen LogP contribution is -2.30. The van der Waals surface area contributed by atoms with Crippen LogP contribution in [0.2, 0.25) is 5.02 Å².